The molecule has 1 atom stereocenters. The molecule has 2 aromatic heterocycles. The van der Waals surface area contributed by atoms with Crippen molar-refractivity contribution < 1.29 is 4.79 Å². The number of aromatic nitrogens is 3. The zero-order valence-corrected chi connectivity index (χ0v) is 16.4. The van der Waals surface area contributed by atoms with Crippen LogP contribution >= 0.6 is 11.8 Å². The number of hydrogen-bond donors (Lipinski definition) is 1. The van der Waals surface area contributed by atoms with Gasteiger partial charge in [-0.3, -0.25) is 9.59 Å². The van der Waals surface area contributed by atoms with Crippen molar-refractivity contribution in [3.8, 4) is 5.82 Å². The third-order valence-corrected chi connectivity index (χ3v) is 5.17. The maximum absolute atomic E-state index is 13.1. The summed E-state index contributed by atoms with van der Waals surface area (Å²) in [6.07, 6.45) is 2.53. The Hall–Kier alpha value is -2.67. The number of carbonyl (C=O) groups is 1. The van der Waals surface area contributed by atoms with Gasteiger partial charge < -0.3 is 5.32 Å². The molecule has 3 rings (SSSR count). The molecule has 7 heteroatoms. The van der Waals surface area contributed by atoms with Crippen LogP contribution in [0.4, 0.5) is 0 Å². The van der Waals surface area contributed by atoms with Crippen molar-refractivity contribution in [2.24, 2.45) is 0 Å². The average molecular weight is 382 g/mol. The Kier molecular flexibility index (Phi) is 5.91. The summed E-state index contributed by atoms with van der Waals surface area (Å²) in [5, 5.41) is 3.91. The molecule has 2 heterocycles. The second kappa shape index (κ2) is 8.35. The third kappa shape index (κ3) is 4.36. The number of amides is 1. The van der Waals surface area contributed by atoms with Gasteiger partial charge in [-0.1, -0.05) is 30.8 Å². The molecular formula is C20H22N4O2S. The molecule has 0 aliphatic rings. The smallest absolute Gasteiger partial charge is 0.267 e. The minimum absolute atomic E-state index is 0.0829. The van der Waals surface area contributed by atoms with Crippen LogP contribution in [0.25, 0.3) is 16.7 Å². The lowest BCUT2D eigenvalue weighted by atomic mass is 10.2. The second-order valence-electron chi connectivity index (χ2n) is 6.41. The topological polar surface area (TPSA) is 76.9 Å². The predicted octanol–water partition coefficient (Wildman–Crippen LogP) is 3.10. The molecule has 0 saturated carbocycles. The van der Waals surface area contributed by atoms with E-state index in [-0.39, 0.29) is 23.3 Å². The van der Waals surface area contributed by atoms with Gasteiger partial charge in [0, 0.05) is 12.2 Å². The van der Waals surface area contributed by atoms with Crippen molar-refractivity contribution in [1.82, 2.24) is 19.9 Å². The molecule has 1 amide bonds. The van der Waals surface area contributed by atoms with E-state index >= 15 is 0 Å². The van der Waals surface area contributed by atoms with Crippen molar-refractivity contribution in [3.05, 3.63) is 58.5 Å². The fourth-order valence-electron chi connectivity index (χ4n) is 2.60. The fraction of sp³-hybridized carbons (Fsp3) is 0.300. The van der Waals surface area contributed by atoms with E-state index in [9.17, 15) is 9.59 Å². The molecule has 1 aromatic carbocycles. The van der Waals surface area contributed by atoms with Gasteiger partial charge in [0.1, 0.15) is 5.82 Å². The number of hydrogen-bond acceptors (Lipinski definition) is 5. The number of rotatable bonds is 6. The van der Waals surface area contributed by atoms with E-state index in [4.69, 9.17) is 0 Å². The largest absolute Gasteiger partial charge is 0.353 e. The molecule has 140 valence electrons. The van der Waals surface area contributed by atoms with Gasteiger partial charge in [-0.2, -0.15) is 0 Å². The van der Waals surface area contributed by atoms with Crippen molar-refractivity contribution in [3.63, 3.8) is 0 Å². The molecular weight excluding hydrogens is 360 g/mol. The van der Waals surface area contributed by atoms with Crippen molar-refractivity contribution >= 4 is 28.6 Å². The van der Waals surface area contributed by atoms with Gasteiger partial charge in [-0.25, -0.2) is 14.5 Å². The van der Waals surface area contributed by atoms with Gasteiger partial charge in [0.2, 0.25) is 5.91 Å². The van der Waals surface area contributed by atoms with Crippen LogP contribution in [0.15, 0.2) is 52.5 Å². The molecule has 0 saturated heterocycles. The number of fused-ring (bicyclic) bond motifs is 1. The van der Waals surface area contributed by atoms with E-state index in [1.165, 1.54) is 16.3 Å². The summed E-state index contributed by atoms with van der Waals surface area (Å²) in [6, 6.07) is 11.0. The van der Waals surface area contributed by atoms with Gasteiger partial charge in [0.15, 0.2) is 5.16 Å². The van der Waals surface area contributed by atoms with Gasteiger partial charge in [0.05, 0.1) is 16.7 Å². The highest BCUT2D eigenvalue weighted by atomic mass is 32.2. The lowest BCUT2D eigenvalue weighted by molar-refractivity contribution is -0.119. The second-order valence-corrected chi connectivity index (χ2v) is 7.35. The first-order valence-electron chi connectivity index (χ1n) is 8.86. The van der Waals surface area contributed by atoms with E-state index in [1.807, 2.05) is 45.0 Å². The van der Waals surface area contributed by atoms with Crippen LogP contribution in [0.2, 0.25) is 0 Å². The monoisotopic (exact) mass is 382 g/mol. The van der Waals surface area contributed by atoms with E-state index in [0.717, 1.165) is 12.0 Å². The molecule has 0 fully saturated rings. The first-order valence-corrected chi connectivity index (χ1v) is 9.85. The molecule has 0 aliphatic carbocycles. The first-order chi connectivity index (χ1) is 13.0. The number of nitrogens with one attached hydrogen (secondary N) is 1. The number of aryl methyl sites for hydroxylation is 1. The summed E-state index contributed by atoms with van der Waals surface area (Å²) < 4.78 is 1.48. The zero-order valence-electron chi connectivity index (χ0n) is 15.6. The van der Waals surface area contributed by atoms with E-state index < -0.39 is 0 Å². The maximum atomic E-state index is 13.1. The van der Waals surface area contributed by atoms with Crippen LogP contribution in [0, 0.1) is 6.92 Å². The van der Waals surface area contributed by atoms with E-state index in [2.05, 4.69) is 15.3 Å². The Morgan fingerprint density at radius 1 is 1.30 bits per heavy atom. The van der Waals surface area contributed by atoms with Crippen LogP contribution in [0.5, 0.6) is 0 Å². The molecule has 0 aliphatic heterocycles. The quantitative estimate of drug-likeness (QED) is 0.524. The first kappa shape index (κ1) is 19.1. The lowest BCUT2D eigenvalue weighted by Crippen LogP contribution is -2.33. The van der Waals surface area contributed by atoms with Gasteiger partial charge in [-0.05, 0) is 50.1 Å². The number of benzene rings is 1. The highest BCUT2D eigenvalue weighted by molar-refractivity contribution is 7.99. The molecule has 6 nitrogen and oxygen atoms in total. The number of para-hydroxylation sites is 1. The summed E-state index contributed by atoms with van der Waals surface area (Å²) in [5.74, 6) is 0.601. The Labute approximate surface area is 162 Å². The molecule has 0 bridgehead atoms. The zero-order chi connectivity index (χ0) is 19.4. The van der Waals surface area contributed by atoms with E-state index in [0.29, 0.717) is 21.9 Å². The fourth-order valence-corrected chi connectivity index (χ4v) is 3.41. The van der Waals surface area contributed by atoms with Gasteiger partial charge in [-0.15, -0.1) is 0 Å². The molecule has 0 unspecified atom stereocenters. The van der Waals surface area contributed by atoms with Gasteiger partial charge in [0.25, 0.3) is 5.56 Å². The minimum atomic E-state index is -0.191. The summed E-state index contributed by atoms with van der Waals surface area (Å²) in [4.78, 5) is 34.2. The number of thioether (sulfide) groups is 1. The summed E-state index contributed by atoms with van der Waals surface area (Å²) in [6.45, 7) is 5.92. The molecule has 0 spiro atoms. The Morgan fingerprint density at radius 3 is 2.81 bits per heavy atom. The SMILES string of the molecule is CC[C@H](C)NC(=O)CSc1nc2ccccc2c(=O)n1-c1cc(C)ccn1. The molecule has 0 radical (unpaired) electrons. The Bertz CT molecular complexity index is 1030. The highest BCUT2D eigenvalue weighted by Crippen LogP contribution is 2.20. The highest BCUT2D eigenvalue weighted by Gasteiger charge is 2.16. The van der Waals surface area contributed by atoms with Crippen LogP contribution in [0.1, 0.15) is 25.8 Å². The number of pyridine rings is 1. The standard InChI is InChI=1S/C20H22N4O2S/c1-4-14(3)22-18(25)12-27-20-23-16-8-6-5-7-15(16)19(26)24(20)17-11-13(2)9-10-21-17/h5-11,14H,4,12H2,1-3H3,(H,22,25)/t14-/m0/s1. The predicted molar refractivity (Wildman–Crippen MR) is 108 cm³/mol. The Balaban J connectivity index is 2.03. The lowest BCUT2D eigenvalue weighted by Gasteiger charge is -2.14. The average Bonchev–Trinajstić information content (AvgIpc) is 2.66. The third-order valence-electron chi connectivity index (χ3n) is 4.23. The Morgan fingerprint density at radius 2 is 2.07 bits per heavy atom. The van der Waals surface area contributed by atoms with Crippen LogP contribution in [0.3, 0.4) is 0 Å². The van der Waals surface area contributed by atoms with Crippen molar-refractivity contribution in [1.29, 1.82) is 0 Å². The van der Waals surface area contributed by atoms with Crippen molar-refractivity contribution in [2.45, 2.75) is 38.4 Å². The van der Waals surface area contributed by atoms with E-state index in [1.54, 1.807) is 18.3 Å². The number of nitrogens with zero attached hydrogens (tertiary/aromatic N) is 3. The maximum Gasteiger partial charge on any atom is 0.267 e. The van der Waals surface area contributed by atoms with Gasteiger partial charge >= 0.3 is 0 Å². The minimum Gasteiger partial charge on any atom is -0.353 e. The summed E-state index contributed by atoms with van der Waals surface area (Å²) >= 11 is 1.24. The van der Waals surface area contributed by atoms with Crippen LogP contribution in [-0.2, 0) is 4.79 Å². The molecule has 27 heavy (non-hydrogen) atoms. The van der Waals surface area contributed by atoms with Crippen molar-refractivity contribution in [2.75, 3.05) is 5.75 Å². The molecule has 1 N–H and O–H groups in total. The summed E-state index contributed by atoms with van der Waals surface area (Å²) in [7, 11) is 0. The number of carbonyl (C=O) groups excluding carboxylic acids is 1. The van der Waals surface area contributed by atoms with Crippen LogP contribution in [-0.4, -0.2) is 32.2 Å². The molecule has 3 aromatic rings. The normalized spacial score (nSPS) is 12.1. The van der Waals surface area contributed by atoms with Crippen LogP contribution < -0.4 is 10.9 Å². The summed E-state index contributed by atoms with van der Waals surface area (Å²) in [5.41, 5.74) is 1.41.